The molecule has 5 nitrogen and oxygen atoms in total. The highest BCUT2D eigenvalue weighted by molar-refractivity contribution is 6.37. The molecule has 0 aromatic heterocycles. The van der Waals surface area contributed by atoms with Gasteiger partial charge in [-0.25, -0.2) is 4.79 Å². The number of esters is 1. The number of aromatic hydroxyl groups is 1. The molecule has 120 valence electrons. The summed E-state index contributed by atoms with van der Waals surface area (Å²) in [4.78, 5) is 26.0. The van der Waals surface area contributed by atoms with Crippen LogP contribution in [0.25, 0.3) is 0 Å². The molecule has 0 spiro atoms. The molecule has 1 aliphatic rings. The number of phenolic OH excluding ortho intramolecular Hbond substituents is 1. The Morgan fingerprint density at radius 3 is 2.27 bits per heavy atom. The Kier molecular flexibility index (Phi) is 5.53. The van der Waals surface area contributed by atoms with E-state index in [-0.39, 0.29) is 27.3 Å². The summed E-state index contributed by atoms with van der Waals surface area (Å²) in [7, 11) is 0. The standard InChI is InChI=1S/C15H17Cl2NO4/c1-9(14(20)18-5-3-2-4-6-18)22-15(21)10-7-11(16)13(19)12(17)8-10/h7-9,19H,2-6H2,1H3/t9-/m0/s1. The fourth-order valence-corrected chi connectivity index (χ4v) is 2.82. The topological polar surface area (TPSA) is 66.8 Å². The first-order chi connectivity index (χ1) is 10.4. The maximum atomic E-state index is 12.2. The van der Waals surface area contributed by atoms with Gasteiger partial charge >= 0.3 is 5.97 Å². The number of benzene rings is 1. The van der Waals surface area contributed by atoms with Crippen LogP contribution >= 0.6 is 23.2 Å². The van der Waals surface area contributed by atoms with Crippen molar-refractivity contribution >= 4 is 35.1 Å². The number of rotatable bonds is 3. The number of ether oxygens (including phenoxy) is 1. The quantitative estimate of drug-likeness (QED) is 0.853. The summed E-state index contributed by atoms with van der Waals surface area (Å²) in [5.74, 6) is -1.21. The summed E-state index contributed by atoms with van der Waals surface area (Å²) >= 11 is 11.5. The molecule has 1 aliphatic heterocycles. The number of phenols is 1. The van der Waals surface area contributed by atoms with Crippen LogP contribution in [0.15, 0.2) is 12.1 Å². The molecule has 2 rings (SSSR count). The monoisotopic (exact) mass is 345 g/mol. The van der Waals surface area contributed by atoms with Gasteiger partial charge in [0.25, 0.3) is 5.91 Å². The second-order valence-corrected chi connectivity index (χ2v) is 6.04. The average molecular weight is 346 g/mol. The summed E-state index contributed by atoms with van der Waals surface area (Å²) in [6, 6.07) is 2.51. The van der Waals surface area contributed by atoms with E-state index in [4.69, 9.17) is 27.9 Å². The molecule has 1 saturated heterocycles. The number of piperidine rings is 1. The van der Waals surface area contributed by atoms with E-state index in [1.165, 1.54) is 12.1 Å². The molecule has 0 aliphatic carbocycles. The SMILES string of the molecule is C[C@H](OC(=O)c1cc(Cl)c(O)c(Cl)c1)C(=O)N1CCCCC1. The molecule has 0 bridgehead atoms. The summed E-state index contributed by atoms with van der Waals surface area (Å²) in [6.45, 7) is 2.92. The van der Waals surface area contributed by atoms with Gasteiger partial charge in [0.1, 0.15) is 0 Å². The molecule has 1 fully saturated rings. The third-order valence-electron chi connectivity index (χ3n) is 3.55. The maximum Gasteiger partial charge on any atom is 0.339 e. The van der Waals surface area contributed by atoms with E-state index < -0.39 is 12.1 Å². The molecule has 7 heteroatoms. The normalized spacial score (nSPS) is 16.2. The van der Waals surface area contributed by atoms with Gasteiger partial charge in [-0.2, -0.15) is 0 Å². The molecule has 0 saturated carbocycles. The molecule has 1 aromatic rings. The highest BCUT2D eigenvalue weighted by atomic mass is 35.5. The van der Waals surface area contributed by atoms with Gasteiger partial charge in [0.15, 0.2) is 11.9 Å². The molecular weight excluding hydrogens is 329 g/mol. The first-order valence-corrected chi connectivity index (χ1v) is 7.83. The highest BCUT2D eigenvalue weighted by Crippen LogP contribution is 2.33. The van der Waals surface area contributed by atoms with Crippen molar-refractivity contribution < 1.29 is 19.4 Å². The van der Waals surface area contributed by atoms with Gasteiger partial charge in [-0.05, 0) is 38.3 Å². The minimum absolute atomic E-state index is 0.0468. The summed E-state index contributed by atoms with van der Waals surface area (Å²) < 4.78 is 5.17. The van der Waals surface area contributed by atoms with Crippen molar-refractivity contribution in [3.8, 4) is 5.75 Å². The highest BCUT2D eigenvalue weighted by Gasteiger charge is 2.26. The zero-order valence-corrected chi connectivity index (χ0v) is 13.7. The van der Waals surface area contributed by atoms with Crippen molar-refractivity contribution in [2.75, 3.05) is 13.1 Å². The largest absolute Gasteiger partial charge is 0.505 e. The number of hydrogen-bond donors (Lipinski definition) is 1. The first-order valence-electron chi connectivity index (χ1n) is 7.08. The number of nitrogens with zero attached hydrogens (tertiary/aromatic N) is 1. The van der Waals surface area contributed by atoms with Gasteiger partial charge in [0, 0.05) is 13.1 Å². The average Bonchev–Trinajstić information content (AvgIpc) is 2.52. The lowest BCUT2D eigenvalue weighted by molar-refractivity contribution is -0.140. The van der Waals surface area contributed by atoms with E-state index in [1.807, 2.05) is 0 Å². The molecule has 0 radical (unpaired) electrons. The van der Waals surface area contributed by atoms with Crippen molar-refractivity contribution in [2.24, 2.45) is 0 Å². The van der Waals surface area contributed by atoms with Gasteiger partial charge in [-0.1, -0.05) is 23.2 Å². The summed E-state index contributed by atoms with van der Waals surface area (Å²) in [6.07, 6.45) is 2.17. The Morgan fingerprint density at radius 2 is 1.73 bits per heavy atom. The molecule has 1 atom stereocenters. The van der Waals surface area contributed by atoms with Crippen LogP contribution in [0.2, 0.25) is 10.0 Å². The minimum Gasteiger partial charge on any atom is -0.505 e. The van der Waals surface area contributed by atoms with Crippen molar-refractivity contribution in [3.63, 3.8) is 0 Å². The second kappa shape index (κ2) is 7.20. The van der Waals surface area contributed by atoms with Gasteiger partial charge in [-0.15, -0.1) is 0 Å². The third kappa shape index (κ3) is 3.84. The number of halogens is 2. The predicted octanol–water partition coefficient (Wildman–Crippen LogP) is 3.26. The zero-order chi connectivity index (χ0) is 16.3. The Balaban J connectivity index is 2.03. The summed E-state index contributed by atoms with van der Waals surface area (Å²) in [5, 5.41) is 9.38. The van der Waals surface area contributed by atoms with Gasteiger partial charge in [0.2, 0.25) is 0 Å². The lowest BCUT2D eigenvalue weighted by atomic mass is 10.1. The van der Waals surface area contributed by atoms with Gasteiger partial charge < -0.3 is 14.7 Å². The van der Waals surface area contributed by atoms with Crippen molar-refractivity contribution in [1.29, 1.82) is 0 Å². The number of carbonyl (C=O) groups is 2. The van der Waals surface area contributed by atoms with Crippen LogP contribution in [0.4, 0.5) is 0 Å². The fourth-order valence-electron chi connectivity index (χ4n) is 2.33. The lowest BCUT2D eigenvalue weighted by Gasteiger charge is -2.28. The third-order valence-corrected chi connectivity index (χ3v) is 4.13. The predicted molar refractivity (Wildman–Crippen MR) is 83.4 cm³/mol. The van der Waals surface area contributed by atoms with E-state index in [1.54, 1.807) is 11.8 Å². The zero-order valence-electron chi connectivity index (χ0n) is 12.1. The lowest BCUT2D eigenvalue weighted by Crippen LogP contribution is -2.42. The van der Waals surface area contributed by atoms with Crippen molar-refractivity contribution in [1.82, 2.24) is 4.90 Å². The van der Waals surface area contributed by atoms with E-state index in [9.17, 15) is 14.7 Å². The molecule has 1 aromatic carbocycles. The first kappa shape index (κ1) is 16.9. The van der Waals surface area contributed by atoms with Crippen LogP contribution in [-0.4, -0.2) is 41.1 Å². The Hall–Kier alpha value is -1.46. The smallest absolute Gasteiger partial charge is 0.339 e. The Labute approximate surface area is 138 Å². The number of hydrogen-bond acceptors (Lipinski definition) is 4. The fraction of sp³-hybridized carbons (Fsp3) is 0.467. The van der Waals surface area contributed by atoms with Crippen LogP contribution in [0.1, 0.15) is 36.5 Å². The van der Waals surface area contributed by atoms with Crippen LogP contribution in [-0.2, 0) is 9.53 Å². The van der Waals surface area contributed by atoms with Crippen LogP contribution in [0.3, 0.4) is 0 Å². The molecule has 0 unspecified atom stereocenters. The van der Waals surface area contributed by atoms with E-state index in [0.717, 1.165) is 19.3 Å². The molecular formula is C15H17Cl2NO4. The Morgan fingerprint density at radius 1 is 1.18 bits per heavy atom. The molecule has 1 heterocycles. The minimum atomic E-state index is -0.878. The number of likely N-dealkylation sites (tertiary alicyclic amines) is 1. The summed E-state index contributed by atoms with van der Waals surface area (Å²) in [5.41, 5.74) is 0.0890. The van der Waals surface area contributed by atoms with E-state index >= 15 is 0 Å². The van der Waals surface area contributed by atoms with Gasteiger partial charge in [0.05, 0.1) is 15.6 Å². The van der Waals surface area contributed by atoms with Crippen molar-refractivity contribution in [3.05, 3.63) is 27.7 Å². The molecule has 1 amide bonds. The number of carbonyl (C=O) groups excluding carboxylic acids is 2. The number of amides is 1. The van der Waals surface area contributed by atoms with Crippen LogP contribution < -0.4 is 0 Å². The molecule has 22 heavy (non-hydrogen) atoms. The van der Waals surface area contributed by atoms with E-state index in [2.05, 4.69) is 0 Å². The maximum absolute atomic E-state index is 12.2. The molecule has 1 N–H and O–H groups in total. The second-order valence-electron chi connectivity index (χ2n) is 5.22. The van der Waals surface area contributed by atoms with Crippen LogP contribution in [0.5, 0.6) is 5.75 Å². The van der Waals surface area contributed by atoms with Crippen molar-refractivity contribution in [2.45, 2.75) is 32.3 Å². The van der Waals surface area contributed by atoms with E-state index in [0.29, 0.717) is 13.1 Å². The van der Waals surface area contributed by atoms with Crippen LogP contribution in [0, 0.1) is 0 Å². The van der Waals surface area contributed by atoms with Gasteiger partial charge in [-0.3, -0.25) is 4.79 Å². The Bertz CT molecular complexity index is 562.